The Balaban J connectivity index is 0.00000101. The molecule has 3 rings (SSSR count). The standard InChI is InChI=1S/C17H25N7O3.CH2O2/c1-23-10-18-8-14(23)17(26)22-13-4-3-12(7-15(13)27-2)16(25)20-5-6-24-11-19-9-21-24;2-1-3/h8-13,15H,3-7H2,1-2H3,(H,20,25)(H,22,26);1H,(H,2,3)/t12-,13-,15-;/m0./s1. The zero-order valence-corrected chi connectivity index (χ0v) is 17.0. The normalized spacial score (nSPS) is 20.5. The number of carbonyl (C=O) groups excluding carboxylic acids is 2. The smallest absolute Gasteiger partial charge is 0.290 e. The number of hydrogen-bond donors (Lipinski definition) is 3. The Bertz CT molecular complexity index is 808. The monoisotopic (exact) mass is 421 g/mol. The van der Waals surface area contributed by atoms with E-state index in [4.69, 9.17) is 14.6 Å². The van der Waals surface area contributed by atoms with Gasteiger partial charge in [-0.1, -0.05) is 0 Å². The first-order valence-corrected chi connectivity index (χ1v) is 9.48. The van der Waals surface area contributed by atoms with Gasteiger partial charge in [-0.25, -0.2) is 9.97 Å². The minimum absolute atomic E-state index is 0.00794. The van der Waals surface area contributed by atoms with Gasteiger partial charge < -0.3 is 25.0 Å². The van der Waals surface area contributed by atoms with Gasteiger partial charge in [0, 0.05) is 26.6 Å². The Hall–Kier alpha value is -3.28. The van der Waals surface area contributed by atoms with Gasteiger partial charge in [-0.3, -0.25) is 19.1 Å². The van der Waals surface area contributed by atoms with E-state index in [0.717, 1.165) is 0 Å². The molecule has 0 unspecified atom stereocenters. The van der Waals surface area contributed by atoms with Crippen LogP contribution in [0.4, 0.5) is 0 Å². The summed E-state index contributed by atoms with van der Waals surface area (Å²) in [5.41, 5.74) is 0.498. The highest BCUT2D eigenvalue weighted by molar-refractivity contribution is 5.92. The first-order valence-electron chi connectivity index (χ1n) is 9.48. The van der Waals surface area contributed by atoms with Gasteiger partial charge in [0.25, 0.3) is 12.4 Å². The Labute approximate surface area is 173 Å². The third kappa shape index (κ3) is 6.37. The molecule has 0 aromatic carbocycles. The quantitative estimate of drug-likeness (QED) is 0.503. The van der Waals surface area contributed by atoms with Crippen molar-refractivity contribution in [2.75, 3.05) is 13.7 Å². The maximum absolute atomic E-state index is 12.4. The third-order valence-electron chi connectivity index (χ3n) is 4.94. The van der Waals surface area contributed by atoms with Crippen LogP contribution in [0.15, 0.2) is 25.2 Å². The predicted molar refractivity (Wildman–Crippen MR) is 104 cm³/mol. The molecule has 12 heteroatoms. The fraction of sp³-hybridized carbons (Fsp3) is 0.556. The molecule has 2 aromatic heterocycles. The molecule has 1 aliphatic carbocycles. The number of methoxy groups -OCH3 is 1. The lowest BCUT2D eigenvalue weighted by Crippen LogP contribution is -2.50. The lowest BCUT2D eigenvalue weighted by Gasteiger charge is -2.35. The van der Waals surface area contributed by atoms with Crippen LogP contribution in [-0.2, 0) is 27.9 Å². The largest absolute Gasteiger partial charge is 0.483 e. The van der Waals surface area contributed by atoms with Gasteiger partial charge in [-0.05, 0) is 19.3 Å². The molecule has 2 amide bonds. The molecular weight excluding hydrogens is 394 g/mol. The van der Waals surface area contributed by atoms with Crippen molar-refractivity contribution < 1.29 is 24.2 Å². The summed E-state index contributed by atoms with van der Waals surface area (Å²) < 4.78 is 8.90. The Kier molecular flexibility index (Phi) is 8.94. The van der Waals surface area contributed by atoms with Crippen LogP contribution in [0.5, 0.6) is 0 Å². The van der Waals surface area contributed by atoms with Gasteiger partial charge in [0.2, 0.25) is 5.91 Å². The summed E-state index contributed by atoms with van der Waals surface area (Å²) in [4.78, 5) is 41.0. The Morgan fingerprint density at radius 3 is 2.70 bits per heavy atom. The highest BCUT2D eigenvalue weighted by Gasteiger charge is 2.35. The summed E-state index contributed by atoms with van der Waals surface area (Å²) in [6, 6.07) is -0.128. The van der Waals surface area contributed by atoms with E-state index in [1.165, 1.54) is 12.5 Å². The van der Waals surface area contributed by atoms with Crippen molar-refractivity contribution >= 4 is 18.3 Å². The topological polar surface area (TPSA) is 153 Å². The molecule has 1 saturated carbocycles. The Morgan fingerprint density at radius 2 is 2.10 bits per heavy atom. The lowest BCUT2D eigenvalue weighted by atomic mass is 9.83. The highest BCUT2D eigenvalue weighted by Crippen LogP contribution is 2.27. The van der Waals surface area contributed by atoms with E-state index in [0.29, 0.717) is 38.0 Å². The van der Waals surface area contributed by atoms with Gasteiger partial charge >= 0.3 is 0 Å². The van der Waals surface area contributed by atoms with E-state index in [1.807, 2.05) is 0 Å². The molecule has 164 valence electrons. The van der Waals surface area contributed by atoms with Gasteiger partial charge in [0.05, 0.1) is 31.2 Å². The predicted octanol–water partition coefficient (Wildman–Crippen LogP) is -0.558. The number of aryl methyl sites for hydroxylation is 1. The molecule has 3 N–H and O–H groups in total. The second-order valence-corrected chi connectivity index (χ2v) is 6.81. The number of rotatable bonds is 7. The zero-order valence-electron chi connectivity index (χ0n) is 17.0. The number of imidazole rings is 1. The second-order valence-electron chi connectivity index (χ2n) is 6.81. The number of aromatic nitrogens is 5. The SMILES string of the molecule is CO[C@H]1C[C@@H](C(=O)NCCn2cncn2)CC[C@@H]1NC(=O)c1cncn1C.O=CO. The van der Waals surface area contributed by atoms with Crippen molar-refractivity contribution in [1.29, 1.82) is 0 Å². The van der Waals surface area contributed by atoms with E-state index in [9.17, 15) is 9.59 Å². The number of amides is 2. The lowest BCUT2D eigenvalue weighted by molar-refractivity contribution is -0.128. The number of carbonyl (C=O) groups is 3. The Morgan fingerprint density at radius 1 is 1.33 bits per heavy atom. The summed E-state index contributed by atoms with van der Waals surface area (Å²) in [5, 5.41) is 16.8. The van der Waals surface area contributed by atoms with Crippen molar-refractivity contribution in [2.45, 2.75) is 38.0 Å². The zero-order chi connectivity index (χ0) is 21.9. The molecule has 1 aliphatic rings. The number of ether oxygens (including phenoxy) is 1. The first-order chi connectivity index (χ1) is 14.5. The maximum atomic E-state index is 12.4. The van der Waals surface area contributed by atoms with Crippen molar-refractivity contribution in [2.24, 2.45) is 13.0 Å². The molecule has 0 aliphatic heterocycles. The van der Waals surface area contributed by atoms with Crippen LogP contribution in [0, 0.1) is 5.92 Å². The fourth-order valence-corrected chi connectivity index (χ4v) is 3.40. The third-order valence-corrected chi connectivity index (χ3v) is 4.94. The average Bonchev–Trinajstić information content (AvgIpc) is 3.40. The highest BCUT2D eigenvalue weighted by atomic mass is 16.5. The van der Waals surface area contributed by atoms with E-state index in [1.54, 1.807) is 36.1 Å². The second kappa shape index (κ2) is 11.7. The van der Waals surface area contributed by atoms with E-state index >= 15 is 0 Å². The van der Waals surface area contributed by atoms with Crippen LogP contribution in [0.25, 0.3) is 0 Å². The maximum Gasteiger partial charge on any atom is 0.290 e. The summed E-state index contributed by atoms with van der Waals surface area (Å²) in [7, 11) is 3.38. The number of nitrogens with zero attached hydrogens (tertiary/aromatic N) is 5. The van der Waals surface area contributed by atoms with E-state index in [2.05, 4.69) is 25.7 Å². The molecule has 0 saturated heterocycles. The molecule has 3 atom stereocenters. The van der Waals surface area contributed by atoms with Crippen molar-refractivity contribution in [3.8, 4) is 0 Å². The van der Waals surface area contributed by atoms with E-state index in [-0.39, 0.29) is 36.4 Å². The van der Waals surface area contributed by atoms with E-state index < -0.39 is 0 Å². The van der Waals surface area contributed by atoms with Crippen LogP contribution < -0.4 is 10.6 Å². The molecule has 1 fully saturated rings. The molecule has 0 bridgehead atoms. The van der Waals surface area contributed by atoms with Crippen LogP contribution in [-0.4, -0.2) is 73.5 Å². The molecule has 2 aromatic rings. The minimum Gasteiger partial charge on any atom is -0.483 e. The molecule has 0 spiro atoms. The number of nitrogens with one attached hydrogen (secondary N) is 2. The fourth-order valence-electron chi connectivity index (χ4n) is 3.40. The van der Waals surface area contributed by atoms with Gasteiger partial charge in [-0.2, -0.15) is 5.10 Å². The summed E-state index contributed by atoms with van der Waals surface area (Å²) in [6.45, 7) is 0.826. The number of carboxylic acid groups (broad SMARTS) is 1. The van der Waals surface area contributed by atoms with Crippen LogP contribution in [0.1, 0.15) is 29.8 Å². The van der Waals surface area contributed by atoms with Crippen molar-refractivity contribution in [1.82, 2.24) is 34.9 Å². The molecule has 30 heavy (non-hydrogen) atoms. The van der Waals surface area contributed by atoms with Gasteiger partial charge in [0.15, 0.2) is 0 Å². The van der Waals surface area contributed by atoms with Crippen LogP contribution >= 0.6 is 0 Å². The van der Waals surface area contributed by atoms with Crippen molar-refractivity contribution in [3.63, 3.8) is 0 Å². The molecular formula is C18H27N7O5. The van der Waals surface area contributed by atoms with Crippen LogP contribution in [0.3, 0.4) is 0 Å². The summed E-state index contributed by atoms with van der Waals surface area (Å²) in [6.07, 6.45) is 7.95. The summed E-state index contributed by atoms with van der Waals surface area (Å²) in [5.74, 6) is -0.304. The minimum atomic E-state index is -0.250. The molecule has 12 nitrogen and oxygen atoms in total. The van der Waals surface area contributed by atoms with Gasteiger partial charge in [-0.15, -0.1) is 0 Å². The van der Waals surface area contributed by atoms with Crippen LogP contribution in [0.2, 0.25) is 0 Å². The van der Waals surface area contributed by atoms with Crippen molar-refractivity contribution in [3.05, 3.63) is 30.9 Å². The summed E-state index contributed by atoms with van der Waals surface area (Å²) >= 11 is 0. The molecule has 0 radical (unpaired) electrons. The van der Waals surface area contributed by atoms with Gasteiger partial charge in [0.1, 0.15) is 18.3 Å². The average molecular weight is 421 g/mol. The molecule has 2 heterocycles. The number of hydrogen-bond acceptors (Lipinski definition) is 7. The first kappa shape index (κ1) is 23.0.